The number of hydrogen-bond donors (Lipinski definition) is 1. The summed E-state index contributed by atoms with van der Waals surface area (Å²) in [6.45, 7) is 1.43. The molecule has 3 heteroatoms. The summed E-state index contributed by atoms with van der Waals surface area (Å²) in [5.41, 5.74) is 0. The Hall–Kier alpha value is -0.180. The lowest BCUT2D eigenvalue weighted by Crippen LogP contribution is -2.30. The van der Waals surface area contributed by atoms with Crippen molar-refractivity contribution in [1.29, 1.82) is 0 Å². The third kappa shape index (κ3) is 4.00. The van der Waals surface area contributed by atoms with Crippen LogP contribution in [0.15, 0.2) is 0 Å². The molecule has 1 rings (SSSR count). The highest BCUT2D eigenvalue weighted by Gasteiger charge is 2.21. The molecule has 0 aromatic heterocycles. The summed E-state index contributed by atoms with van der Waals surface area (Å²) >= 11 is 0. The van der Waals surface area contributed by atoms with Crippen LogP contribution in [0.4, 0.5) is 8.78 Å². The van der Waals surface area contributed by atoms with Crippen LogP contribution < -0.4 is 5.32 Å². The van der Waals surface area contributed by atoms with Gasteiger partial charge in [0.1, 0.15) is 0 Å². The maximum atomic E-state index is 12.4. The minimum absolute atomic E-state index is 0.0382. The molecule has 72 valence electrons. The van der Waals surface area contributed by atoms with Crippen molar-refractivity contribution in [3.8, 4) is 0 Å². The van der Waals surface area contributed by atoms with Crippen molar-refractivity contribution >= 4 is 0 Å². The predicted octanol–water partition coefficient (Wildman–Crippen LogP) is 2.56. The first-order chi connectivity index (χ1) is 5.58. The summed E-state index contributed by atoms with van der Waals surface area (Å²) in [7, 11) is 0. The summed E-state index contributed by atoms with van der Waals surface area (Å²) < 4.78 is 24.7. The van der Waals surface area contributed by atoms with Crippen molar-refractivity contribution in [2.75, 3.05) is 6.54 Å². The average Bonchev–Trinajstić information content (AvgIpc) is 2.36. The van der Waals surface area contributed by atoms with Crippen LogP contribution in [0, 0.1) is 0 Å². The maximum absolute atomic E-state index is 12.4. The molecule has 1 aliphatic rings. The van der Waals surface area contributed by atoms with Gasteiger partial charge in [-0.05, 0) is 19.8 Å². The Bertz CT molecular complexity index is 125. The topological polar surface area (TPSA) is 12.0 Å². The second-order valence-electron chi connectivity index (χ2n) is 3.76. The minimum atomic E-state index is -2.51. The summed E-state index contributed by atoms with van der Waals surface area (Å²) in [6, 6.07) is 0.507. The number of nitrogens with one attached hydrogen (secondary N) is 1. The number of halogens is 2. The number of rotatable bonds is 4. The zero-order chi connectivity index (χ0) is 9.03. The normalized spacial score (nSPS) is 20.2. The van der Waals surface area contributed by atoms with E-state index in [9.17, 15) is 8.78 Å². The SMILES string of the molecule is CC(F)(F)CCNC1CCCC1. The van der Waals surface area contributed by atoms with E-state index in [4.69, 9.17) is 0 Å². The average molecular weight is 177 g/mol. The van der Waals surface area contributed by atoms with Gasteiger partial charge in [-0.25, -0.2) is 8.78 Å². The molecule has 0 amide bonds. The first-order valence-electron chi connectivity index (χ1n) is 4.69. The molecule has 1 aliphatic carbocycles. The Morgan fingerprint density at radius 3 is 2.42 bits per heavy atom. The summed E-state index contributed by atoms with van der Waals surface area (Å²) in [6.07, 6.45) is 4.79. The third-order valence-corrected chi connectivity index (χ3v) is 2.35. The maximum Gasteiger partial charge on any atom is 0.246 e. The fraction of sp³-hybridized carbons (Fsp3) is 1.00. The van der Waals surface area contributed by atoms with Crippen molar-refractivity contribution in [2.45, 2.75) is 51.0 Å². The molecule has 1 N–H and O–H groups in total. The Kier molecular flexibility index (Phi) is 3.44. The van der Waals surface area contributed by atoms with Gasteiger partial charge in [-0.1, -0.05) is 12.8 Å². The molecule has 1 saturated carbocycles. The first-order valence-corrected chi connectivity index (χ1v) is 4.69. The van der Waals surface area contributed by atoms with Gasteiger partial charge in [-0.2, -0.15) is 0 Å². The lowest BCUT2D eigenvalue weighted by Gasteiger charge is -2.14. The van der Waals surface area contributed by atoms with Crippen LogP contribution in [0.25, 0.3) is 0 Å². The second kappa shape index (κ2) is 4.17. The van der Waals surface area contributed by atoms with E-state index in [1.54, 1.807) is 0 Å². The molecule has 0 atom stereocenters. The van der Waals surface area contributed by atoms with Gasteiger partial charge in [-0.3, -0.25) is 0 Å². The van der Waals surface area contributed by atoms with Crippen molar-refractivity contribution < 1.29 is 8.78 Å². The molecular formula is C9H17F2N. The van der Waals surface area contributed by atoms with E-state index in [2.05, 4.69) is 5.32 Å². The summed E-state index contributed by atoms with van der Waals surface area (Å²) in [5.74, 6) is -2.51. The Morgan fingerprint density at radius 1 is 1.33 bits per heavy atom. The smallest absolute Gasteiger partial charge is 0.246 e. The third-order valence-electron chi connectivity index (χ3n) is 2.35. The van der Waals surface area contributed by atoms with Gasteiger partial charge in [-0.15, -0.1) is 0 Å². The molecular weight excluding hydrogens is 160 g/mol. The van der Waals surface area contributed by atoms with Gasteiger partial charge in [0.25, 0.3) is 0 Å². The van der Waals surface area contributed by atoms with E-state index < -0.39 is 5.92 Å². The van der Waals surface area contributed by atoms with Gasteiger partial charge in [0, 0.05) is 19.0 Å². The Labute approximate surface area is 72.5 Å². The fourth-order valence-corrected chi connectivity index (χ4v) is 1.63. The van der Waals surface area contributed by atoms with E-state index in [0.29, 0.717) is 12.6 Å². The fourth-order valence-electron chi connectivity index (χ4n) is 1.63. The predicted molar refractivity (Wildman–Crippen MR) is 45.5 cm³/mol. The molecule has 0 aromatic carbocycles. The largest absolute Gasteiger partial charge is 0.314 e. The van der Waals surface area contributed by atoms with E-state index >= 15 is 0 Å². The minimum Gasteiger partial charge on any atom is -0.314 e. The molecule has 0 saturated heterocycles. The molecule has 0 aliphatic heterocycles. The highest BCUT2D eigenvalue weighted by molar-refractivity contribution is 4.74. The van der Waals surface area contributed by atoms with Crippen LogP contribution in [0.1, 0.15) is 39.0 Å². The van der Waals surface area contributed by atoms with Gasteiger partial charge < -0.3 is 5.32 Å². The van der Waals surface area contributed by atoms with E-state index in [-0.39, 0.29) is 6.42 Å². The summed E-state index contributed by atoms with van der Waals surface area (Å²) in [4.78, 5) is 0. The van der Waals surface area contributed by atoms with Crippen LogP contribution in [0.5, 0.6) is 0 Å². The molecule has 0 bridgehead atoms. The van der Waals surface area contributed by atoms with Gasteiger partial charge in [0.05, 0.1) is 0 Å². The van der Waals surface area contributed by atoms with E-state index in [1.165, 1.54) is 12.8 Å². The van der Waals surface area contributed by atoms with E-state index in [0.717, 1.165) is 19.8 Å². The first kappa shape index (κ1) is 9.90. The second-order valence-corrected chi connectivity index (χ2v) is 3.76. The highest BCUT2D eigenvalue weighted by Crippen LogP contribution is 2.19. The Morgan fingerprint density at radius 2 is 1.92 bits per heavy atom. The highest BCUT2D eigenvalue weighted by atomic mass is 19.3. The van der Waals surface area contributed by atoms with Crippen LogP contribution >= 0.6 is 0 Å². The van der Waals surface area contributed by atoms with Crippen molar-refractivity contribution in [3.05, 3.63) is 0 Å². The monoisotopic (exact) mass is 177 g/mol. The lowest BCUT2D eigenvalue weighted by molar-refractivity contribution is 0.0128. The molecule has 12 heavy (non-hydrogen) atoms. The molecule has 1 nitrogen and oxygen atoms in total. The van der Waals surface area contributed by atoms with Crippen molar-refractivity contribution in [1.82, 2.24) is 5.32 Å². The molecule has 0 radical (unpaired) electrons. The number of hydrogen-bond acceptors (Lipinski definition) is 1. The van der Waals surface area contributed by atoms with Crippen LogP contribution in [-0.2, 0) is 0 Å². The van der Waals surface area contributed by atoms with Crippen LogP contribution in [0.3, 0.4) is 0 Å². The standard InChI is InChI=1S/C9H17F2N/c1-9(10,11)6-7-12-8-4-2-3-5-8/h8,12H,2-7H2,1H3. The quantitative estimate of drug-likeness (QED) is 0.696. The number of alkyl halides is 2. The molecule has 0 aromatic rings. The van der Waals surface area contributed by atoms with Crippen molar-refractivity contribution in [2.24, 2.45) is 0 Å². The molecule has 1 fully saturated rings. The van der Waals surface area contributed by atoms with E-state index in [1.807, 2.05) is 0 Å². The zero-order valence-electron chi connectivity index (χ0n) is 7.58. The van der Waals surface area contributed by atoms with Crippen LogP contribution in [-0.4, -0.2) is 18.5 Å². The molecule has 0 unspecified atom stereocenters. The van der Waals surface area contributed by atoms with Gasteiger partial charge >= 0.3 is 0 Å². The summed E-state index contributed by atoms with van der Waals surface area (Å²) in [5, 5.41) is 3.16. The van der Waals surface area contributed by atoms with Crippen LogP contribution in [0.2, 0.25) is 0 Å². The van der Waals surface area contributed by atoms with Gasteiger partial charge in [0.2, 0.25) is 5.92 Å². The van der Waals surface area contributed by atoms with Crippen molar-refractivity contribution in [3.63, 3.8) is 0 Å². The molecule has 0 heterocycles. The zero-order valence-corrected chi connectivity index (χ0v) is 7.58. The Balaban J connectivity index is 2.02. The molecule has 0 spiro atoms. The lowest BCUT2D eigenvalue weighted by atomic mass is 10.2. The van der Waals surface area contributed by atoms with Gasteiger partial charge in [0.15, 0.2) is 0 Å².